The van der Waals surface area contributed by atoms with E-state index in [9.17, 15) is 30.3 Å². The number of carbonyl (C=O) groups excluding carboxylic acids is 1. The van der Waals surface area contributed by atoms with E-state index in [4.69, 9.17) is 28.4 Å². The van der Waals surface area contributed by atoms with Gasteiger partial charge in [-0.15, -0.1) is 0 Å². The number of nitrogens with zero attached hydrogens (tertiary/aromatic N) is 2. The molecule has 3 aliphatic heterocycles. The number of carbonyl (C=O) groups is 1. The summed E-state index contributed by atoms with van der Waals surface area (Å²) in [6.45, 7) is 18.0. The first-order valence-corrected chi connectivity index (χ1v) is 19.1. The lowest BCUT2D eigenvalue weighted by Crippen LogP contribution is -2.60. The van der Waals surface area contributed by atoms with Gasteiger partial charge in [-0.25, -0.2) is 0 Å². The monoisotopic (exact) mass is 749 g/mol. The molecule has 0 amide bonds. The van der Waals surface area contributed by atoms with Gasteiger partial charge in [-0.3, -0.25) is 4.79 Å². The van der Waals surface area contributed by atoms with E-state index >= 15 is 0 Å². The lowest BCUT2D eigenvalue weighted by Gasteiger charge is -2.48. The Labute approximate surface area is 312 Å². The Bertz CT molecular complexity index is 1140. The number of hydrogen-bond donors (Lipinski definition) is 5. The van der Waals surface area contributed by atoms with Crippen LogP contribution in [0.2, 0.25) is 0 Å². The number of likely N-dealkylation sites (N-methyl/N-ethyl adjacent to an activating group) is 2. The SMILES string of the molecule is CC[C@H]1OC(=O)[C@H](C)[C@@H](O[C@H]2C[C@@](C)(OC)[C@@H](O)[C@H](C)O2)[C@H](C)[C@@H](O[C@@H]2O[C@H](C)C[C@H](N(C)C)[C@H]2O)C(C)(O)C[C@H](C)CN(C)[C@H](C)[C@@H](O)[C@]1(C)O. The zero-order valence-corrected chi connectivity index (χ0v) is 34.2. The quantitative estimate of drug-likeness (QED) is 0.238. The molecule has 52 heavy (non-hydrogen) atoms. The second kappa shape index (κ2) is 17.8. The van der Waals surface area contributed by atoms with Gasteiger partial charge in [0.15, 0.2) is 12.6 Å². The van der Waals surface area contributed by atoms with E-state index in [1.165, 1.54) is 14.0 Å². The summed E-state index contributed by atoms with van der Waals surface area (Å²) in [5.74, 6) is -2.58. The van der Waals surface area contributed by atoms with E-state index in [0.717, 1.165) is 0 Å². The number of ether oxygens (including phenoxy) is 6. The number of aliphatic hydroxyl groups excluding tert-OH is 3. The van der Waals surface area contributed by atoms with E-state index in [1.54, 1.807) is 41.5 Å². The summed E-state index contributed by atoms with van der Waals surface area (Å²) in [7, 11) is 7.12. The Kier molecular flexibility index (Phi) is 15.6. The van der Waals surface area contributed by atoms with Crippen LogP contribution in [0.4, 0.5) is 0 Å². The Hall–Kier alpha value is -1.01. The van der Waals surface area contributed by atoms with Crippen molar-refractivity contribution in [3.05, 3.63) is 0 Å². The first kappa shape index (κ1) is 45.4. The molecular formula is C38H72N2O12. The smallest absolute Gasteiger partial charge is 0.311 e. The number of hydrogen-bond acceptors (Lipinski definition) is 14. The molecular weight excluding hydrogens is 676 g/mol. The molecule has 3 heterocycles. The number of esters is 1. The highest BCUT2D eigenvalue weighted by Gasteiger charge is 2.52. The first-order chi connectivity index (χ1) is 23.9. The lowest BCUT2D eigenvalue weighted by atomic mass is 9.77. The molecule has 0 radical (unpaired) electrons. The number of rotatable bonds is 7. The molecule has 0 spiro atoms. The van der Waals surface area contributed by atoms with Crippen molar-refractivity contribution in [2.45, 2.75) is 185 Å². The summed E-state index contributed by atoms with van der Waals surface area (Å²) < 4.78 is 37.5. The van der Waals surface area contributed by atoms with E-state index in [0.29, 0.717) is 13.0 Å². The maximum Gasteiger partial charge on any atom is 0.311 e. The summed E-state index contributed by atoms with van der Waals surface area (Å²) in [6, 6.07) is -0.808. The van der Waals surface area contributed by atoms with Gasteiger partial charge in [0, 0.05) is 38.1 Å². The third-order valence-corrected chi connectivity index (χ3v) is 12.2. The fraction of sp³-hybridized carbons (Fsp3) is 0.974. The first-order valence-electron chi connectivity index (χ1n) is 19.1. The fourth-order valence-corrected chi connectivity index (χ4v) is 8.74. The highest BCUT2D eigenvalue weighted by molar-refractivity contribution is 5.73. The zero-order valence-electron chi connectivity index (χ0n) is 34.2. The van der Waals surface area contributed by atoms with Crippen molar-refractivity contribution in [2.75, 3.05) is 34.8 Å². The van der Waals surface area contributed by atoms with E-state index in [2.05, 4.69) is 0 Å². The van der Waals surface area contributed by atoms with Gasteiger partial charge in [-0.2, -0.15) is 0 Å². The summed E-state index contributed by atoms with van der Waals surface area (Å²) in [6.07, 6.45) is -8.19. The number of aliphatic hydroxyl groups is 5. The molecule has 1 unspecified atom stereocenters. The van der Waals surface area contributed by atoms with Crippen molar-refractivity contribution in [1.29, 1.82) is 0 Å². The van der Waals surface area contributed by atoms with Gasteiger partial charge in [0.1, 0.15) is 30.0 Å². The Morgan fingerprint density at radius 1 is 0.942 bits per heavy atom. The maximum absolute atomic E-state index is 14.2. The van der Waals surface area contributed by atoms with Crippen LogP contribution >= 0.6 is 0 Å². The molecule has 0 aromatic carbocycles. The largest absolute Gasteiger partial charge is 0.459 e. The normalized spacial score (nSPS) is 49.6. The van der Waals surface area contributed by atoms with Gasteiger partial charge in [0.2, 0.25) is 0 Å². The van der Waals surface area contributed by atoms with Crippen molar-refractivity contribution in [3.63, 3.8) is 0 Å². The van der Waals surface area contributed by atoms with Gasteiger partial charge in [-0.05, 0) is 94.8 Å². The third-order valence-electron chi connectivity index (χ3n) is 12.2. The Morgan fingerprint density at radius 3 is 2.12 bits per heavy atom. The predicted molar refractivity (Wildman–Crippen MR) is 194 cm³/mol. The number of cyclic esters (lactones) is 1. The molecule has 18 atom stereocenters. The number of methoxy groups -OCH3 is 1. The van der Waals surface area contributed by atoms with Crippen molar-refractivity contribution < 1.29 is 58.7 Å². The van der Waals surface area contributed by atoms with Gasteiger partial charge in [0.25, 0.3) is 0 Å². The molecule has 306 valence electrons. The molecule has 14 heteroatoms. The lowest BCUT2D eigenvalue weighted by molar-refractivity contribution is -0.318. The minimum absolute atomic E-state index is 0.133. The van der Waals surface area contributed by atoms with Crippen LogP contribution in [0.15, 0.2) is 0 Å². The van der Waals surface area contributed by atoms with E-state index < -0.39 is 96.0 Å². The third kappa shape index (κ3) is 10.0. The molecule has 0 aliphatic carbocycles. The Balaban J connectivity index is 2.17. The highest BCUT2D eigenvalue weighted by Crippen LogP contribution is 2.40. The van der Waals surface area contributed by atoms with E-state index in [1.807, 2.05) is 51.7 Å². The fourth-order valence-electron chi connectivity index (χ4n) is 8.74. The van der Waals surface area contributed by atoms with Crippen molar-refractivity contribution >= 4 is 5.97 Å². The van der Waals surface area contributed by atoms with Crippen LogP contribution in [-0.2, 0) is 33.2 Å². The van der Waals surface area contributed by atoms with Crippen molar-refractivity contribution in [1.82, 2.24) is 9.80 Å². The molecule has 0 bridgehead atoms. The predicted octanol–water partition coefficient (Wildman–Crippen LogP) is 1.90. The van der Waals surface area contributed by atoms with Gasteiger partial charge >= 0.3 is 5.97 Å². The van der Waals surface area contributed by atoms with Crippen LogP contribution in [0, 0.1) is 17.8 Å². The highest BCUT2D eigenvalue weighted by atomic mass is 16.7. The second-order valence-electron chi connectivity index (χ2n) is 17.2. The molecule has 3 aliphatic rings. The van der Waals surface area contributed by atoms with Crippen LogP contribution < -0.4 is 0 Å². The summed E-state index contributed by atoms with van der Waals surface area (Å²) >= 11 is 0. The average Bonchev–Trinajstić information content (AvgIpc) is 3.05. The second-order valence-corrected chi connectivity index (χ2v) is 17.2. The molecule has 3 rings (SSSR count). The van der Waals surface area contributed by atoms with Crippen LogP contribution in [0.5, 0.6) is 0 Å². The van der Waals surface area contributed by atoms with Crippen LogP contribution in [0.3, 0.4) is 0 Å². The standard InChI is InChI=1S/C38H72N2O12/c1-15-27-38(10,46)31(42)24(6)40(13)19-20(2)17-36(8,45)33(52-35-29(41)26(39(11)12)16-21(3)48-35)22(4)30(23(5)34(44)50-27)51-28-18-37(9,47-14)32(43)25(7)49-28/h20-33,35,41-43,45-46H,15-19H2,1-14H3/t20-,21+,22-,23+,24+,25-,26-,27+,28-,29+,30-,31+,32-,33+,35-,36?,37+,38+/m0/s1. The van der Waals surface area contributed by atoms with Gasteiger partial charge in [0.05, 0.1) is 41.5 Å². The van der Waals surface area contributed by atoms with Crippen LogP contribution in [0.1, 0.15) is 94.9 Å². The molecule has 14 nitrogen and oxygen atoms in total. The van der Waals surface area contributed by atoms with Crippen LogP contribution in [-0.4, -0.2) is 166 Å². The molecule has 3 saturated heterocycles. The minimum Gasteiger partial charge on any atom is -0.459 e. The summed E-state index contributed by atoms with van der Waals surface area (Å²) in [4.78, 5) is 18.0. The summed E-state index contributed by atoms with van der Waals surface area (Å²) in [5, 5.41) is 58.1. The average molecular weight is 749 g/mol. The van der Waals surface area contributed by atoms with Gasteiger partial charge < -0.3 is 63.8 Å². The molecule has 0 saturated carbocycles. The molecule has 0 aromatic rings. The minimum atomic E-state index is -1.80. The Morgan fingerprint density at radius 2 is 1.56 bits per heavy atom. The van der Waals surface area contributed by atoms with Gasteiger partial charge in [-0.1, -0.05) is 20.8 Å². The molecule has 5 N–H and O–H groups in total. The summed E-state index contributed by atoms with van der Waals surface area (Å²) in [5.41, 5.74) is -4.37. The molecule has 3 fully saturated rings. The van der Waals surface area contributed by atoms with Crippen molar-refractivity contribution in [2.24, 2.45) is 17.8 Å². The molecule has 0 aromatic heterocycles. The topological polar surface area (TPSA) is 180 Å². The van der Waals surface area contributed by atoms with E-state index in [-0.39, 0.29) is 37.3 Å². The van der Waals surface area contributed by atoms with Crippen LogP contribution in [0.25, 0.3) is 0 Å². The van der Waals surface area contributed by atoms with Crippen molar-refractivity contribution in [3.8, 4) is 0 Å². The maximum atomic E-state index is 14.2. The zero-order chi connectivity index (χ0) is 39.7.